The van der Waals surface area contributed by atoms with Gasteiger partial charge in [-0.2, -0.15) is 13.2 Å². The molecule has 6 nitrogen and oxygen atoms in total. The second kappa shape index (κ2) is 10.5. The molecule has 0 spiro atoms. The molecule has 0 aromatic carbocycles. The first-order valence-electron chi connectivity index (χ1n) is 12.2. The number of carbonyl (C=O) groups is 1. The average Bonchev–Trinajstić information content (AvgIpc) is 3.16. The van der Waals surface area contributed by atoms with E-state index in [0.717, 1.165) is 19.3 Å². The van der Waals surface area contributed by atoms with Crippen LogP contribution in [0.3, 0.4) is 0 Å². The number of nitrogens with one attached hydrogen (secondary N) is 4. The van der Waals surface area contributed by atoms with Gasteiger partial charge in [-0.15, -0.1) is 0 Å². The number of hydrogen-bond donors (Lipinski definition) is 4. The second-order valence-electron chi connectivity index (χ2n) is 11.1. The number of hydrazine groups is 1. The highest BCUT2D eigenvalue weighted by atomic mass is 19.4. The predicted molar refractivity (Wildman–Crippen MR) is 120 cm³/mol. The van der Waals surface area contributed by atoms with Crippen molar-refractivity contribution in [2.45, 2.75) is 109 Å². The minimum Gasteiger partial charge on any atom is -0.351 e. The van der Waals surface area contributed by atoms with E-state index in [-0.39, 0.29) is 55.3 Å². The molecule has 4 N–H and O–H groups in total. The highest BCUT2D eigenvalue weighted by molar-refractivity contribution is 5.98. The maximum atomic E-state index is 13.8. The Morgan fingerprint density at radius 2 is 1.64 bits per heavy atom. The standard InChI is InChI=1S/C23H39F4N5O/c1-13-11-15(7-10-17(13)24)18-12-19(32-31-18)28-21(30-22(2,3)4)29-20(33)14-5-8-16(9-6-14)23(25,26)27/h13-19,31-32H,5-12H2,1-4H3,(H2,28,29,30,33). The maximum Gasteiger partial charge on any atom is 0.391 e. The lowest BCUT2D eigenvalue weighted by Crippen LogP contribution is -2.52. The number of aliphatic imine (C=N–C) groups is 1. The van der Waals surface area contributed by atoms with Crippen molar-refractivity contribution in [3.05, 3.63) is 0 Å². The lowest BCUT2D eigenvalue weighted by Gasteiger charge is -2.33. The largest absolute Gasteiger partial charge is 0.391 e. The van der Waals surface area contributed by atoms with Gasteiger partial charge in [0.25, 0.3) is 0 Å². The van der Waals surface area contributed by atoms with E-state index in [0.29, 0.717) is 18.3 Å². The van der Waals surface area contributed by atoms with Gasteiger partial charge in [0.1, 0.15) is 12.3 Å². The molecule has 0 aromatic rings. The molecular weight excluding hydrogens is 438 g/mol. The summed E-state index contributed by atoms with van der Waals surface area (Å²) in [6.07, 6.45) is -1.80. The van der Waals surface area contributed by atoms with Crippen molar-refractivity contribution in [2.24, 2.45) is 28.7 Å². The number of rotatable bonds is 3. The number of guanidine groups is 1. The summed E-state index contributed by atoms with van der Waals surface area (Å²) >= 11 is 0. The Bertz CT molecular complexity index is 700. The molecule has 5 unspecified atom stereocenters. The summed E-state index contributed by atoms with van der Waals surface area (Å²) in [4.78, 5) is 17.5. The maximum absolute atomic E-state index is 13.8. The molecule has 1 amide bonds. The Morgan fingerprint density at radius 3 is 2.21 bits per heavy atom. The summed E-state index contributed by atoms with van der Waals surface area (Å²) in [5.41, 5.74) is 6.10. The van der Waals surface area contributed by atoms with E-state index in [1.165, 1.54) is 0 Å². The first kappa shape index (κ1) is 26.2. The van der Waals surface area contributed by atoms with Crippen LogP contribution in [0.5, 0.6) is 0 Å². The van der Waals surface area contributed by atoms with Gasteiger partial charge < -0.3 is 5.32 Å². The van der Waals surface area contributed by atoms with Crippen LogP contribution in [-0.2, 0) is 4.79 Å². The van der Waals surface area contributed by atoms with Gasteiger partial charge in [0.15, 0.2) is 5.96 Å². The molecule has 3 rings (SSSR count). The van der Waals surface area contributed by atoms with E-state index in [1.54, 1.807) is 0 Å². The molecule has 0 aromatic heterocycles. The molecule has 5 atom stereocenters. The normalized spacial score (nSPS) is 36.5. The summed E-state index contributed by atoms with van der Waals surface area (Å²) in [5.74, 6) is -1.30. The molecule has 2 saturated carbocycles. The molecule has 33 heavy (non-hydrogen) atoms. The lowest BCUT2D eigenvalue weighted by molar-refractivity contribution is -0.184. The van der Waals surface area contributed by atoms with Gasteiger partial charge in [-0.25, -0.2) is 14.8 Å². The van der Waals surface area contributed by atoms with E-state index in [9.17, 15) is 22.4 Å². The van der Waals surface area contributed by atoms with Crippen LogP contribution >= 0.6 is 0 Å². The van der Waals surface area contributed by atoms with Crippen molar-refractivity contribution in [1.29, 1.82) is 0 Å². The van der Waals surface area contributed by atoms with Gasteiger partial charge in [0.05, 0.1) is 5.92 Å². The fraction of sp³-hybridized carbons (Fsp3) is 0.913. The van der Waals surface area contributed by atoms with Crippen LogP contribution in [0, 0.1) is 23.7 Å². The van der Waals surface area contributed by atoms with Crippen LogP contribution in [0.4, 0.5) is 17.6 Å². The van der Waals surface area contributed by atoms with Crippen molar-refractivity contribution in [2.75, 3.05) is 0 Å². The van der Waals surface area contributed by atoms with Crippen LogP contribution in [0.15, 0.2) is 4.99 Å². The summed E-state index contributed by atoms with van der Waals surface area (Å²) in [6, 6.07) is 0.179. The minimum atomic E-state index is -4.19. The van der Waals surface area contributed by atoms with Gasteiger partial charge in [-0.3, -0.25) is 15.5 Å². The number of nitrogens with zero attached hydrogens (tertiary/aromatic N) is 1. The molecule has 1 saturated heterocycles. The van der Waals surface area contributed by atoms with Crippen LogP contribution < -0.4 is 21.5 Å². The van der Waals surface area contributed by atoms with Gasteiger partial charge in [-0.1, -0.05) is 6.92 Å². The molecule has 10 heteroatoms. The highest BCUT2D eigenvalue weighted by Crippen LogP contribution is 2.39. The van der Waals surface area contributed by atoms with Gasteiger partial charge in [-0.05, 0) is 77.6 Å². The molecule has 3 fully saturated rings. The lowest BCUT2D eigenvalue weighted by atomic mass is 9.77. The van der Waals surface area contributed by atoms with Crippen molar-refractivity contribution >= 4 is 11.9 Å². The predicted octanol–water partition coefficient (Wildman–Crippen LogP) is 4.18. The topological polar surface area (TPSA) is 77.5 Å². The summed E-state index contributed by atoms with van der Waals surface area (Å²) < 4.78 is 52.7. The fourth-order valence-corrected chi connectivity index (χ4v) is 5.23. The fourth-order valence-electron chi connectivity index (χ4n) is 5.23. The third-order valence-electron chi connectivity index (χ3n) is 7.17. The Hall–Kier alpha value is -1.42. The number of halogens is 4. The van der Waals surface area contributed by atoms with Crippen LogP contribution in [-0.4, -0.2) is 42.0 Å². The zero-order valence-corrected chi connectivity index (χ0v) is 20.1. The smallest absolute Gasteiger partial charge is 0.351 e. The third kappa shape index (κ3) is 7.53. The minimum absolute atomic E-state index is 0.0178. The molecule has 0 radical (unpaired) electrons. The van der Waals surface area contributed by atoms with Gasteiger partial charge >= 0.3 is 6.18 Å². The van der Waals surface area contributed by atoms with Crippen LogP contribution in [0.25, 0.3) is 0 Å². The Labute approximate surface area is 194 Å². The summed E-state index contributed by atoms with van der Waals surface area (Å²) in [7, 11) is 0. The molecule has 3 aliphatic rings. The summed E-state index contributed by atoms with van der Waals surface area (Å²) in [6.45, 7) is 7.80. The monoisotopic (exact) mass is 477 g/mol. The van der Waals surface area contributed by atoms with Crippen molar-refractivity contribution in [3.8, 4) is 0 Å². The SMILES string of the molecule is CC1CC(C2CC(/N=C(/NC(=O)C3CCC(C(F)(F)F)CC3)NC(C)(C)C)NN2)CCC1F. The molecule has 2 aliphatic carbocycles. The third-order valence-corrected chi connectivity index (χ3v) is 7.17. The van der Waals surface area contributed by atoms with Gasteiger partial charge in [0.2, 0.25) is 5.91 Å². The number of hydrogen-bond acceptors (Lipinski definition) is 4. The molecule has 0 bridgehead atoms. The Kier molecular flexibility index (Phi) is 8.30. The van der Waals surface area contributed by atoms with E-state index < -0.39 is 24.2 Å². The zero-order valence-electron chi connectivity index (χ0n) is 20.1. The highest BCUT2D eigenvalue weighted by Gasteiger charge is 2.42. The van der Waals surface area contributed by atoms with Crippen molar-refractivity contribution < 1.29 is 22.4 Å². The van der Waals surface area contributed by atoms with E-state index in [4.69, 9.17) is 0 Å². The number of alkyl halides is 4. The van der Waals surface area contributed by atoms with Crippen LogP contribution in [0.1, 0.15) is 79.1 Å². The van der Waals surface area contributed by atoms with Crippen LogP contribution in [0.2, 0.25) is 0 Å². The van der Waals surface area contributed by atoms with Crippen molar-refractivity contribution in [1.82, 2.24) is 21.5 Å². The molecular formula is C23H39F4N5O. The molecule has 1 aliphatic heterocycles. The van der Waals surface area contributed by atoms with E-state index in [2.05, 4.69) is 26.5 Å². The van der Waals surface area contributed by atoms with Crippen molar-refractivity contribution in [3.63, 3.8) is 0 Å². The second-order valence-corrected chi connectivity index (χ2v) is 11.1. The number of carbonyl (C=O) groups excluding carboxylic acids is 1. The van der Waals surface area contributed by atoms with Gasteiger partial charge in [0, 0.05) is 23.9 Å². The first-order valence-corrected chi connectivity index (χ1v) is 12.2. The number of amides is 1. The Balaban J connectivity index is 1.59. The molecule has 190 valence electrons. The van der Waals surface area contributed by atoms with E-state index >= 15 is 0 Å². The van der Waals surface area contributed by atoms with E-state index in [1.807, 2.05) is 27.7 Å². The quantitative estimate of drug-likeness (QED) is 0.279. The molecule has 1 heterocycles. The summed E-state index contributed by atoms with van der Waals surface area (Å²) in [5, 5.41) is 6.05. The average molecular weight is 478 g/mol. The first-order chi connectivity index (χ1) is 15.3. The zero-order chi connectivity index (χ0) is 24.4. The Morgan fingerprint density at radius 1 is 0.970 bits per heavy atom.